The maximum atomic E-state index is 12.6. The molecule has 1 heterocycles. The number of ether oxygens (including phenoxy) is 1. The first-order valence-corrected chi connectivity index (χ1v) is 11.3. The summed E-state index contributed by atoms with van der Waals surface area (Å²) in [5, 5.41) is 0. The second-order valence-corrected chi connectivity index (χ2v) is 11.3. The average molecular weight is 426 g/mol. The quantitative estimate of drug-likeness (QED) is 0.482. The van der Waals surface area contributed by atoms with Crippen molar-refractivity contribution in [3.63, 3.8) is 0 Å². The highest BCUT2D eigenvalue weighted by Crippen LogP contribution is 2.65. The predicted octanol–water partition coefficient (Wildman–Crippen LogP) is 4.44. The van der Waals surface area contributed by atoms with Crippen LogP contribution < -0.4 is 0 Å². The Kier molecular flexibility index (Phi) is 5.13. The fourth-order valence-electron chi connectivity index (χ4n) is 6.88. The lowest BCUT2D eigenvalue weighted by Gasteiger charge is -2.60. The van der Waals surface area contributed by atoms with Crippen LogP contribution >= 0.6 is 15.9 Å². The van der Waals surface area contributed by atoms with Crippen LogP contribution in [0.2, 0.25) is 0 Å². The molecule has 4 bridgehead atoms. The number of piperidine rings is 1. The third kappa shape index (κ3) is 3.70. The van der Waals surface area contributed by atoms with Gasteiger partial charge in [-0.2, -0.15) is 0 Å². The smallest absolute Gasteiger partial charge is 0.306 e. The molecule has 0 spiro atoms. The van der Waals surface area contributed by atoms with Crippen LogP contribution in [0.25, 0.3) is 0 Å². The molecule has 5 aliphatic rings. The molecule has 3 atom stereocenters. The van der Waals surface area contributed by atoms with E-state index in [0.29, 0.717) is 12.5 Å². The number of nitrogens with zero attached hydrogens (tertiary/aromatic N) is 1. The topological polar surface area (TPSA) is 46.6 Å². The van der Waals surface area contributed by atoms with E-state index in [1.165, 1.54) is 38.5 Å². The third-order valence-corrected chi connectivity index (χ3v) is 8.33. The highest BCUT2D eigenvalue weighted by Gasteiger charge is 2.57. The molecule has 5 fully saturated rings. The summed E-state index contributed by atoms with van der Waals surface area (Å²) in [6, 6.07) is 0.325. The van der Waals surface area contributed by atoms with Gasteiger partial charge in [0.2, 0.25) is 0 Å². The molecule has 4 nitrogen and oxygen atoms in total. The van der Waals surface area contributed by atoms with E-state index in [-0.39, 0.29) is 28.2 Å². The van der Waals surface area contributed by atoms with E-state index in [4.69, 9.17) is 4.74 Å². The summed E-state index contributed by atoms with van der Waals surface area (Å²) in [5.74, 6) is 1.36. The Morgan fingerprint density at radius 2 is 1.88 bits per heavy atom. The first-order valence-electron chi connectivity index (χ1n) is 10.5. The molecule has 1 amide bonds. The highest BCUT2D eigenvalue weighted by molar-refractivity contribution is 9.10. The van der Waals surface area contributed by atoms with Gasteiger partial charge in [0, 0.05) is 16.9 Å². The minimum atomic E-state index is -0.165. The SMILES string of the molecule is CCC1CCCCN1C(=O)COC(=O)CC12CC3CC(CC(Br)(C3)C1)C2. The Hall–Kier alpha value is -0.580. The van der Waals surface area contributed by atoms with Gasteiger partial charge in [0.25, 0.3) is 5.91 Å². The fourth-order valence-corrected chi connectivity index (χ4v) is 8.39. The number of halogens is 1. The van der Waals surface area contributed by atoms with E-state index in [1.54, 1.807) is 0 Å². The largest absolute Gasteiger partial charge is 0.456 e. The van der Waals surface area contributed by atoms with Gasteiger partial charge in [-0.05, 0) is 81.5 Å². The van der Waals surface area contributed by atoms with E-state index in [9.17, 15) is 9.59 Å². The molecule has 0 radical (unpaired) electrons. The van der Waals surface area contributed by atoms with Crippen LogP contribution in [-0.2, 0) is 14.3 Å². The molecule has 0 aromatic carbocycles. The number of alkyl halides is 1. The maximum absolute atomic E-state index is 12.6. The van der Waals surface area contributed by atoms with Crippen molar-refractivity contribution in [1.29, 1.82) is 0 Å². The van der Waals surface area contributed by atoms with Crippen molar-refractivity contribution >= 4 is 27.8 Å². The molecule has 3 unspecified atom stereocenters. The summed E-state index contributed by atoms with van der Waals surface area (Å²) in [4.78, 5) is 27.0. The van der Waals surface area contributed by atoms with Gasteiger partial charge in [-0.25, -0.2) is 0 Å². The lowest BCUT2D eigenvalue weighted by Crippen LogP contribution is -2.53. The van der Waals surface area contributed by atoms with Gasteiger partial charge in [0.15, 0.2) is 6.61 Å². The van der Waals surface area contributed by atoms with Crippen molar-refractivity contribution in [1.82, 2.24) is 4.90 Å². The zero-order chi connectivity index (χ0) is 18.4. The van der Waals surface area contributed by atoms with Gasteiger partial charge in [0.1, 0.15) is 0 Å². The second-order valence-electron chi connectivity index (χ2n) is 9.59. The Labute approximate surface area is 165 Å². The number of carbonyl (C=O) groups is 2. The number of likely N-dealkylation sites (tertiary alicyclic amines) is 1. The highest BCUT2D eigenvalue weighted by atomic mass is 79.9. The van der Waals surface area contributed by atoms with Crippen LogP contribution in [-0.4, -0.2) is 40.3 Å². The standard InChI is InChI=1S/C21H32BrNO3/c1-2-17-5-3-4-6-23(17)18(24)13-26-19(25)12-20-8-15-7-16(9-20)11-21(22,10-15)14-20/h15-17H,2-14H2,1H3. The van der Waals surface area contributed by atoms with Crippen molar-refractivity contribution in [2.75, 3.05) is 13.2 Å². The van der Waals surface area contributed by atoms with E-state index < -0.39 is 0 Å². The molecule has 0 N–H and O–H groups in total. The lowest BCUT2D eigenvalue weighted by molar-refractivity contribution is -0.158. The van der Waals surface area contributed by atoms with Crippen LogP contribution in [0.3, 0.4) is 0 Å². The van der Waals surface area contributed by atoms with Crippen molar-refractivity contribution in [2.45, 2.75) is 87.9 Å². The van der Waals surface area contributed by atoms with Gasteiger partial charge in [0.05, 0.1) is 6.42 Å². The maximum Gasteiger partial charge on any atom is 0.306 e. The Bertz CT molecular complexity index is 564. The number of hydrogen-bond donors (Lipinski definition) is 0. The zero-order valence-corrected chi connectivity index (χ0v) is 17.6. The Morgan fingerprint density at radius 1 is 1.15 bits per heavy atom. The molecule has 5 heteroatoms. The summed E-state index contributed by atoms with van der Waals surface area (Å²) in [7, 11) is 0. The summed E-state index contributed by atoms with van der Waals surface area (Å²) in [6.45, 7) is 2.87. The van der Waals surface area contributed by atoms with Gasteiger partial charge in [-0.3, -0.25) is 9.59 Å². The van der Waals surface area contributed by atoms with Crippen molar-refractivity contribution in [2.24, 2.45) is 17.3 Å². The molecule has 0 aromatic rings. The molecule has 26 heavy (non-hydrogen) atoms. The number of carbonyl (C=O) groups excluding carboxylic acids is 2. The lowest BCUT2D eigenvalue weighted by atomic mass is 9.49. The molecule has 1 aliphatic heterocycles. The van der Waals surface area contributed by atoms with Crippen LogP contribution in [0.5, 0.6) is 0 Å². The van der Waals surface area contributed by atoms with E-state index in [2.05, 4.69) is 22.9 Å². The van der Waals surface area contributed by atoms with Gasteiger partial charge in [-0.15, -0.1) is 0 Å². The van der Waals surface area contributed by atoms with Crippen LogP contribution in [0.1, 0.15) is 77.6 Å². The zero-order valence-electron chi connectivity index (χ0n) is 16.0. The monoisotopic (exact) mass is 425 g/mol. The molecular weight excluding hydrogens is 394 g/mol. The van der Waals surface area contributed by atoms with Crippen molar-refractivity contribution in [3.8, 4) is 0 Å². The summed E-state index contributed by atoms with van der Waals surface area (Å²) in [6.07, 6.45) is 12.1. The minimum absolute atomic E-state index is 0.00706. The third-order valence-electron chi connectivity index (χ3n) is 7.41. The summed E-state index contributed by atoms with van der Waals surface area (Å²) >= 11 is 4.00. The first-order chi connectivity index (χ1) is 12.4. The van der Waals surface area contributed by atoms with E-state index >= 15 is 0 Å². The van der Waals surface area contributed by atoms with Crippen LogP contribution in [0.4, 0.5) is 0 Å². The van der Waals surface area contributed by atoms with Crippen molar-refractivity contribution in [3.05, 3.63) is 0 Å². The first kappa shape index (κ1) is 18.8. The molecule has 0 aromatic heterocycles. The van der Waals surface area contributed by atoms with Crippen LogP contribution in [0, 0.1) is 17.3 Å². The Balaban J connectivity index is 1.31. The fraction of sp³-hybridized carbons (Fsp3) is 0.905. The Morgan fingerprint density at radius 3 is 2.54 bits per heavy atom. The van der Waals surface area contributed by atoms with Crippen LogP contribution in [0.15, 0.2) is 0 Å². The summed E-state index contributed by atoms with van der Waals surface area (Å²) < 4.78 is 5.74. The van der Waals surface area contributed by atoms with Gasteiger partial charge in [-0.1, -0.05) is 22.9 Å². The second kappa shape index (κ2) is 7.10. The van der Waals surface area contributed by atoms with Gasteiger partial charge < -0.3 is 9.64 Å². The summed E-state index contributed by atoms with van der Waals surface area (Å²) in [5.41, 5.74) is 0.116. The number of amides is 1. The molecule has 1 saturated heterocycles. The molecular formula is C21H32BrNO3. The van der Waals surface area contributed by atoms with Gasteiger partial charge >= 0.3 is 5.97 Å². The molecule has 4 saturated carbocycles. The van der Waals surface area contributed by atoms with E-state index in [1.807, 2.05) is 4.90 Å². The molecule has 4 aliphatic carbocycles. The minimum Gasteiger partial charge on any atom is -0.456 e. The normalized spacial score (nSPS) is 41.3. The number of hydrogen-bond acceptors (Lipinski definition) is 3. The number of rotatable bonds is 5. The number of esters is 1. The van der Waals surface area contributed by atoms with Crippen molar-refractivity contribution < 1.29 is 14.3 Å². The molecule has 5 rings (SSSR count). The predicted molar refractivity (Wildman–Crippen MR) is 104 cm³/mol. The van der Waals surface area contributed by atoms with E-state index in [0.717, 1.165) is 44.1 Å². The average Bonchev–Trinajstić information content (AvgIpc) is 2.57. The molecule has 146 valence electrons.